The Bertz CT molecular complexity index is 3140. The van der Waals surface area contributed by atoms with Gasteiger partial charge in [0, 0.05) is 61.2 Å². The Kier molecular flexibility index (Phi) is 23.7. The van der Waals surface area contributed by atoms with E-state index in [1.54, 1.807) is 70.0 Å². The molecule has 0 bridgehead atoms. The highest BCUT2D eigenvalue weighted by Gasteiger charge is 2.54. The number of ketones is 1. The molecule has 4 aromatic rings. The summed E-state index contributed by atoms with van der Waals surface area (Å²) >= 11 is 0. The number of benzene rings is 2. The number of nitrogens with zero attached hydrogens (tertiary/aromatic N) is 3. The van der Waals surface area contributed by atoms with E-state index in [9.17, 15) is 59.6 Å². The van der Waals surface area contributed by atoms with Gasteiger partial charge < -0.3 is 79.9 Å². The topological polar surface area (TPSA) is 446 Å². The lowest BCUT2D eigenvalue weighted by Crippen LogP contribution is -2.65. The number of nitrogens with one attached hydrogen (secondary N) is 10. The fraction of sp³-hybridized carbons (Fsp3) is 0.525. The number of aromatic amines is 2. The highest BCUT2D eigenvalue weighted by Crippen LogP contribution is 2.32. The van der Waals surface area contributed by atoms with E-state index in [4.69, 9.17) is 17.2 Å². The lowest BCUT2D eigenvalue weighted by atomic mass is 9.84. The van der Waals surface area contributed by atoms with E-state index in [-0.39, 0.29) is 99.1 Å². The van der Waals surface area contributed by atoms with E-state index in [1.807, 2.05) is 0 Å². The molecule has 6 rings (SSSR count). The normalized spacial score (nSPS) is 18.4. The van der Waals surface area contributed by atoms with Gasteiger partial charge >= 0.3 is 0 Å². The Morgan fingerprint density at radius 1 is 0.759 bits per heavy atom. The molecule has 28 heteroatoms. The first kappa shape index (κ1) is 65.6. The Morgan fingerprint density at radius 3 is 1.93 bits per heavy atom. The Morgan fingerprint density at radius 2 is 1.36 bits per heavy atom. The number of aliphatic hydroxyl groups excluding tert-OH is 1. The lowest BCUT2D eigenvalue weighted by Gasteiger charge is -2.37. The van der Waals surface area contributed by atoms with Gasteiger partial charge in [-0.1, -0.05) is 65.0 Å². The van der Waals surface area contributed by atoms with Gasteiger partial charge in [0.1, 0.15) is 48.0 Å². The molecule has 9 atom stereocenters. The van der Waals surface area contributed by atoms with Gasteiger partial charge in [-0.3, -0.25) is 57.8 Å². The Labute approximate surface area is 505 Å². The number of primary amides is 1. The van der Waals surface area contributed by atoms with Gasteiger partial charge in [-0.15, -0.1) is 0 Å². The van der Waals surface area contributed by atoms with E-state index in [0.29, 0.717) is 47.2 Å². The van der Waals surface area contributed by atoms with Crippen molar-refractivity contribution in [3.63, 3.8) is 0 Å². The maximum absolute atomic E-state index is 14.8. The molecule has 18 N–H and O–H groups in total. The Hall–Kier alpha value is -8.92. The summed E-state index contributed by atoms with van der Waals surface area (Å²) in [6, 6.07) is 1.08. The van der Waals surface area contributed by atoms with Gasteiger partial charge in [0.25, 0.3) is 0 Å². The summed E-state index contributed by atoms with van der Waals surface area (Å²) in [6.07, 6.45) is 4.79. The second kappa shape index (κ2) is 31.5. The molecule has 2 aliphatic heterocycles. The number of hydrogen-bond acceptors (Lipinski definition) is 15. The van der Waals surface area contributed by atoms with Crippen LogP contribution in [0.1, 0.15) is 103 Å². The first-order chi connectivity index (χ1) is 41.8. The number of guanidine groups is 1. The maximum atomic E-state index is 14.8. The monoisotopic (exact) mass is 1210 g/mol. The minimum absolute atomic E-state index is 0.00521. The lowest BCUT2D eigenvalue weighted by molar-refractivity contribution is -0.144. The van der Waals surface area contributed by atoms with Crippen LogP contribution in [0, 0.1) is 11.8 Å². The largest absolute Gasteiger partial charge is 0.508 e. The average Bonchev–Trinajstić information content (AvgIpc) is 1.70. The smallest absolute Gasteiger partial charge is 0.245 e. The summed E-state index contributed by atoms with van der Waals surface area (Å²) in [5, 5.41) is 40.5. The summed E-state index contributed by atoms with van der Waals surface area (Å²) in [7, 11) is 0. The molecular weight excluding hydrogens is 1120 g/mol. The second-order valence-corrected chi connectivity index (χ2v) is 22.9. The summed E-state index contributed by atoms with van der Waals surface area (Å²) in [6.45, 7) is 8.63. The predicted octanol–water partition coefficient (Wildman–Crippen LogP) is -1.66. The number of aliphatic hydroxyl groups is 1. The highest BCUT2D eigenvalue weighted by atomic mass is 16.3. The van der Waals surface area contributed by atoms with Gasteiger partial charge in [0.2, 0.25) is 53.2 Å². The van der Waals surface area contributed by atoms with E-state index in [1.165, 1.54) is 36.8 Å². The molecule has 472 valence electrons. The number of phenols is 1. The third kappa shape index (κ3) is 18.5. The van der Waals surface area contributed by atoms with Crippen LogP contribution in [0.4, 0.5) is 0 Å². The van der Waals surface area contributed by atoms with E-state index >= 15 is 0 Å². The summed E-state index contributed by atoms with van der Waals surface area (Å²) in [4.78, 5) is 156. The minimum Gasteiger partial charge on any atom is -0.508 e. The number of nitrogens with two attached hydrogens (primary N) is 3. The van der Waals surface area contributed by atoms with Crippen LogP contribution in [0.15, 0.2) is 72.2 Å². The number of carbonyl (C=O) groups excluding carboxylic acids is 10. The molecule has 0 unspecified atom stereocenters. The summed E-state index contributed by atoms with van der Waals surface area (Å²) in [5.74, 6) is -9.15. The van der Waals surface area contributed by atoms with E-state index in [0.717, 1.165) is 0 Å². The molecule has 87 heavy (non-hydrogen) atoms. The molecule has 0 saturated carbocycles. The molecule has 0 spiro atoms. The number of carbonyl (C=O) groups is 10. The molecule has 9 amide bonds. The van der Waals surface area contributed by atoms with Crippen LogP contribution >= 0.6 is 0 Å². The number of Topliss-reactive ketones (excluding diaryl/α,β-unsaturated/α-hetero) is 1. The number of para-hydroxylation sites is 1. The first-order valence-electron chi connectivity index (χ1n) is 29.8. The molecule has 2 fully saturated rings. The van der Waals surface area contributed by atoms with Crippen LogP contribution in [0.5, 0.6) is 5.75 Å². The third-order valence-electron chi connectivity index (χ3n) is 15.4. The number of aromatic nitrogens is 3. The molecule has 0 radical (unpaired) electrons. The second-order valence-electron chi connectivity index (χ2n) is 22.9. The maximum Gasteiger partial charge on any atom is 0.245 e. The number of amides is 9. The van der Waals surface area contributed by atoms with Crippen LogP contribution < -0.4 is 59.7 Å². The molecule has 2 aliphatic rings. The molecular formula is C59H84N16O12. The number of likely N-dealkylation sites (tertiary alicyclic amines) is 1. The van der Waals surface area contributed by atoms with Crippen molar-refractivity contribution >= 4 is 75.8 Å². The zero-order valence-electron chi connectivity index (χ0n) is 50.7. The highest BCUT2D eigenvalue weighted by molar-refractivity contribution is 6.13. The van der Waals surface area contributed by atoms with E-state index < -0.39 is 120 Å². The standard InChI is InChI=1S/C59H84N16O12/c1-6-75-22-10-20-59(75,57(60)87)49(79)40(13-9-21-64-58(61)62)68-51(81)42(23-32(2)3)69-52(82)43(24-33(4)5)70-53(83)44(25-34-14-16-37(77)17-15-34)71-56(86)47(30-76)74-54(84)45(26-35-28-65-39-12-8-7-11-38(35)39)72-55(85)46(27-36-29-63-31-66-36)73-50(80)41-18-19-48(78)67-41/h7-8,11-12,14-17,28-29,31-33,40-47,65,76-77H,6,9-10,13,18-27,30H2,1-5H3,(H2,60,87)(H,63,66)(H,67,78)(H,68,81)(H,69,82)(H,70,83)(H,71,86)(H,72,85)(H,73,80)(H,74,84)(H4,61,62,64)/t40-,41-,42-,43-,44-,45-,46-,47-,59+/m0/s1/i/hD. The molecule has 4 heterocycles. The third-order valence-corrected chi connectivity index (χ3v) is 15.4. The number of rotatable bonds is 33. The molecule has 2 aromatic carbocycles. The molecule has 2 aromatic heterocycles. The van der Waals surface area contributed by atoms with Crippen molar-refractivity contribution in [2.24, 2.45) is 34.0 Å². The van der Waals surface area contributed by atoms with Crippen LogP contribution in [-0.2, 0) is 67.2 Å². The van der Waals surface area contributed by atoms with Crippen molar-refractivity contribution in [3.8, 4) is 5.75 Å². The number of fused-ring (bicyclic) bond motifs is 1. The minimum atomic E-state index is -1.93. The van der Waals surface area contributed by atoms with Crippen LogP contribution in [-0.4, -0.2) is 175 Å². The van der Waals surface area contributed by atoms with Crippen molar-refractivity contribution in [2.75, 3.05) is 26.2 Å². The quantitative estimate of drug-likeness (QED) is 0.0110. The number of likely N-dealkylation sites (N-methyl/N-ethyl adjacent to an activating group) is 1. The first-order valence-corrected chi connectivity index (χ1v) is 29.3. The van der Waals surface area contributed by atoms with Gasteiger partial charge in [-0.05, 0) is 99.2 Å². The van der Waals surface area contributed by atoms with Crippen molar-refractivity contribution in [1.29, 1.82) is 0 Å². The summed E-state index contributed by atoms with van der Waals surface area (Å²) < 4.78 is 9.28. The van der Waals surface area contributed by atoms with Crippen molar-refractivity contribution in [3.05, 3.63) is 84.1 Å². The number of phenolic OH excluding ortho intramolecular Hbond substituents is 1. The Balaban J connectivity index is 1.26. The summed E-state index contributed by atoms with van der Waals surface area (Å²) in [5.41, 5.74) is 17.3. The van der Waals surface area contributed by atoms with Crippen LogP contribution in [0.3, 0.4) is 0 Å². The average molecular weight is 1210 g/mol. The number of aromatic hydroxyl groups is 1. The number of H-pyrrole nitrogens is 2. The number of aliphatic imine (C=N–C) groups is 1. The molecule has 2 saturated heterocycles. The van der Waals surface area contributed by atoms with Gasteiger partial charge in [-0.2, -0.15) is 0 Å². The van der Waals surface area contributed by atoms with Gasteiger partial charge in [-0.25, -0.2) is 4.98 Å². The number of hydrogen-bond donors (Lipinski definition) is 15. The van der Waals surface area contributed by atoms with Crippen molar-refractivity contribution in [1.82, 2.24) is 62.4 Å². The molecule has 0 aliphatic carbocycles. The van der Waals surface area contributed by atoms with E-state index in [2.05, 4.69) is 57.2 Å². The number of imidazole rings is 1. The predicted molar refractivity (Wildman–Crippen MR) is 320 cm³/mol. The van der Waals surface area contributed by atoms with Crippen molar-refractivity contribution in [2.45, 2.75) is 159 Å². The van der Waals surface area contributed by atoms with Gasteiger partial charge in [0.15, 0.2) is 18.7 Å². The van der Waals surface area contributed by atoms with Crippen molar-refractivity contribution < 1.29 is 59.6 Å². The molecule has 28 nitrogen and oxygen atoms in total. The fourth-order valence-corrected chi connectivity index (χ4v) is 10.9. The van der Waals surface area contributed by atoms with Gasteiger partial charge in [0.05, 0.1) is 19.0 Å². The SMILES string of the molecule is [2H]N(C(=O)[C@H](CO)NC(=O)[C@H](Cc1c[nH]c2ccccc12)NC(=O)[C@H](Cc1cnc[nH]1)NC(=O)[C@@H]1CCC(=O)N1)[C@@H](Cc1ccc(O)cc1)C(=O)N[C@@H](CC(C)C)C(=O)N[C@@H](CC(C)C)C(=O)N[C@@H](CCCN=C(N)N)C(=O)[C@@]1(C(N)=O)CCCN1CC. The zero-order valence-corrected chi connectivity index (χ0v) is 49.7. The van der Waals surface area contributed by atoms with Crippen LogP contribution in [0.2, 0.25) is 1.41 Å². The fourth-order valence-electron chi connectivity index (χ4n) is 10.9. The van der Waals surface area contributed by atoms with Crippen LogP contribution in [0.25, 0.3) is 10.9 Å². The zero-order chi connectivity index (χ0) is 64.4.